The Morgan fingerprint density at radius 1 is 1.32 bits per heavy atom. The summed E-state index contributed by atoms with van der Waals surface area (Å²) in [6, 6.07) is 4.73. The first-order chi connectivity index (χ1) is 13.0. The fraction of sp³-hybridized carbons (Fsp3) is 0.611. The van der Waals surface area contributed by atoms with Gasteiger partial charge in [-0.3, -0.25) is 4.99 Å². The predicted molar refractivity (Wildman–Crippen MR) is 120 cm³/mol. The van der Waals surface area contributed by atoms with Gasteiger partial charge in [0.25, 0.3) is 0 Å². The second kappa shape index (κ2) is 12.5. The maximum Gasteiger partial charge on any atom is 0.387 e. The zero-order valence-corrected chi connectivity index (χ0v) is 19.4. The minimum absolute atomic E-state index is 0. The van der Waals surface area contributed by atoms with Crippen LogP contribution in [0.1, 0.15) is 18.4 Å². The van der Waals surface area contributed by atoms with E-state index in [0.717, 1.165) is 32.6 Å². The molecule has 0 bridgehead atoms. The summed E-state index contributed by atoms with van der Waals surface area (Å²) >= 11 is 1.83. The average Bonchev–Trinajstić information content (AvgIpc) is 2.69. The number of nitrogens with zero attached hydrogens (tertiary/aromatic N) is 1. The van der Waals surface area contributed by atoms with Crippen molar-refractivity contribution < 1.29 is 23.0 Å². The van der Waals surface area contributed by atoms with Gasteiger partial charge in [0.15, 0.2) is 5.96 Å². The Labute approximate surface area is 186 Å². The zero-order valence-electron chi connectivity index (χ0n) is 16.3. The average molecular weight is 531 g/mol. The maximum absolute atomic E-state index is 12.6. The van der Waals surface area contributed by atoms with Gasteiger partial charge in [-0.2, -0.15) is 20.5 Å². The number of rotatable bonds is 8. The Morgan fingerprint density at radius 2 is 2.04 bits per heavy atom. The number of aliphatic imine (C=N–C) groups is 1. The molecule has 0 spiro atoms. The van der Waals surface area contributed by atoms with Crippen LogP contribution in [0.4, 0.5) is 8.78 Å². The SMILES string of the molecule is CN=C(NCc1cc(OC)ccc1OC(F)F)NCC1(SC)CCOCC1.I. The summed E-state index contributed by atoms with van der Waals surface area (Å²) in [7, 11) is 3.20. The molecule has 6 nitrogen and oxygen atoms in total. The number of guanidine groups is 1. The molecule has 0 aliphatic carbocycles. The minimum Gasteiger partial charge on any atom is -0.497 e. The van der Waals surface area contributed by atoms with E-state index in [4.69, 9.17) is 9.47 Å². The molecule has 1 aliphatic rings. The van der Waals surface area contributed by atoms with Gasteiger partial charge < -0.3 is 24.8 Å². The molecule has 0 radical (unpaired) electrons. The first kappa shape index (κ1) is 25.0. The topological polar surface area (TPSA) is 64.1 Å². The molecular weight excluding hydrogens is 503 g/mol. The molecule has 1 aromatic carbocycles. The third kappa shape index (κ3) is 7.43. The van der Waals surface area contributed by atoms with Crippen LogP contribution in [0.15, 0.2) is 23.2 Å². The Balaban J connectivity index is 0.00000392. The van der Waals surface area contributed by atoms with Gasteiger partial charge in [-0.05, 0) is 37.3 Å². The summed E-state index contributed by atoms with van der Waals surface area (Å²) in [5.41, 5.74) is 0.559. The summed E-state index contributed by atoms with van der Waals surface area (Å²) in [5, 5.41) is 6.48. The van der Waals surface area contributed by atoms with E-state index in [1.165, 1.54) is 13.2 Å². The Kier molecular flexibility index (Phi) is 11.2. The lowest BCUT2D eigenvalue weighted by molar-refractivity contribution is -0.0505. The number of hydrogen-bond acceptors (Lipinski definition) is 5. The van der Waals surface area contributed by atoms with E-state index >= 15 is 0 Å². The molecule has 0 atom stereocenters. The molecule has 1 heterocycles. The van der Waals surface area contributed by atoms with Crippen molar-refractivity contribution in [2.75, 3.05) is 40.2 Å². The van der Waals surface area contributed by atoms with Crippen molar-refractivity contribution in [3.63, 3.8) is 0 Å². The second-order valence-corrected chi connectivity index (χ2v) is 7.41. The van der Waals surface area contributed by atoms with E-state index in [1.807, 2.05) is 11.8 Å². The molecule has 0 aromatic heterocycles. The van der Waals surface area contributed by atoms with Crippen molar-refractivity contribution in [1.29, 1.82) is 0 Å². The first-order valence-electron chi connectivity index (χ1n) is 8.71. The van der Waals surface area contributed by atoms with Crippen molar-refractivity contribution in [2.24, 2.45) is 4.99 Å². The molecule has 2 N–H and O–H groups in total. The quantitative estimate of drug-likeness (QED) is 0.304. The van der Waals surface area contributed by atoms with E-state index in [0.29, 0.717) is 17.3 Å². The van der Waals surface area contributed by atoms with E-state index in [1.54, 1.807) is 19.2 Å². The van der Waals surface area contributed by atoms with Crippen molar-refractivity contribution in [3.8, 4) is 11.5 Å². The lowest BCUT2D eigenvalue weighted by Gasteiger charge is -2.36. The molecule has 1 saturated heterocycles. The van der Waals surface area contributed by atoms with E-state index < -0.39 is 6.61 Å². The van der Waals surface area contributed by atoms with E-state index in [2.05, 4.69) is 26.6 Å². The fourth-order valence-electron chi connectivity index (χ4n) is 2.87. The Bertz CT molecular complexity index is 632. The smallest absolute Gasteiger partial charge is 0.387 e. The molecular formula is C18H28F2IN3O3S. The maximum atomic E-state index is 12.6. The van der Waals surface area contributed by atoms with Gasteiger partial charge in [-0.1, -0.05) is 0 Å². The highest BCUT2D eigenvalue weighted by molar-refractivity contribution is 14.0. The van der Waals surface area contributed by atoms with Crippen LogP contribution in [-0.4, -0.2) is 57.5 Å². The summed E-state index contributed by atoms with van der Waals surface area (Å²) in [6.45, 7) is -0.354. The summed E-state index contributed by atoms with van der Waals surface area (Å²) in [6.07, 6.45) is 4.05. The van der Waals surface area contributed by atoms with Crippen LogP contribution < -0.4 is 20.1 Å². The van der Waals surface area contributed by atoms with Crippen molar-refractivity contribution in [1.82, 2.24) is 10.6 Å². The van der Waals surface area contributed by atoms with Gasteiger partial charge in [0, 0.05) is 43.7 Å². The molecule has 2 rings (SSSR count). The number of nitrogens with one attached hydrogen (secondary N) is 2. The molecule has 160 valence electrons. The highest BCUT2D eigenvalue weighted by Gasteiger charge is 2.31. The van der Waals surface area contributed by atoms with Gasteiger partial charge >= 0.3 is 6.61 Å². The molecule has 0 unspecified atom stereocenters. The monoisotopic (exact) mass is 531 g/mol. The number of alkyl halides is 2. The third-order valence-electron chi connectivity index (χ3n) is 4.57. The minimum atomic E-state index is -2.88. The van der Waals surface area contributed by atoms with E-state index in [9.17, 15) is 8.78 Å². The fourth-order valence-corrected chi connectivity index (χ4v) is 3.66. The number of benzene rings is 1. The number of halogens is 3. The largest absolute Gasteiger partial charge is 0.497 e. The summed E-state index contributed by atoms with van der Waals surface area (Å²) in [5.74, 6) is 1.28. The van der Waals surface area contributed by atoms with Crippen LogP contribution in [-0.2, 0) is 11.3 Å². The Hall–Kier alpha value is -1.01. The number of hydrogen-bond donors (Lipinski definition) is 2. The number of thioether (sulfide) groups is 1. The third-order valence-corrected chi connectivity index (χ3v) is 5.99. The van der Waals surface area contributed by atoms with Gasteiger partial charge in [0.1, 0.15) is 11.5 Å². The summed E-state index contributed by atoms with van der Waals surface area (Å²) in [4.78, 5) is 4.22. The molecule has 1 fully saturated rings. The van der Waals surface area contributed by atoms with Gasteiger partial charge in [-0.25, -0.2) is 0 Å². The van der Waals surface area contributed by atoms with Crippen LogP contribution in [0.3, 0.4) is 0 Å². The number of methoxy groups -OCH3 is 1. The molecule has 0 amide bonds. The lowest BCUT2D eigenvalue weighted by atomic mass is 9.99. The normalized spacial score (nSPS) is 16.3. The van der Waals surface area contributed by atoms with Gasteiger partial charge in [0.05, 0.1) is 7.11 Å². The lowest BCUT2D eigenvalue weighted by Crippen LogP contribution is -2.47. The molecule has 1 aliphatic heterocycles. The van der Waals surface area contributed by atoms with Crippen LogP contribution in [0.2, 0.25) is 0 Å². The van der Waals surface area contributed by atoms with Gasteiger partial charge in [-0.15, -0.1) is 24.0 Å². The van der Waals surface area contributed by atoms with Crippen molar-refractivity contribution >= 4 is 41.7 Å². The van der Waals surface area contributed by atoms with E-state index in [-0.39, 0.29) is 41.0 Å². The second-order valence-electron chi connectivity index (χ2n) is 6.13. The Morgan fingerprint density at radius 3 is 2.61 bits per heavy atom. The highest BCUT2D eigenvalue weighted by Crippen LogP contribution is 2.33. The first-order valence-corrected chi connectivity index (χ1v) is 9.93. The van der Waals surface area contributed by atoms with Crippen LogP contribution in [0.25, 0.3) is 0 Å². The summed E-state index contributed by atoms with van der Waals surface area (Å²) < 4.78 is 40.6. The van der Waals surface area contributed by atoms with Crippen LogP contribution in [0, 0.1) is 0 Å². The van der Waals surface area contributed by atoms with Crippen LogP contribution >= 0.6 is 35.7 Å². The van der Waals surface area contributed by atoms with Crippen molar-refractivity contribution in [2.45, 2.75) is 30.7 Å². The predicted octanol–water partition coefficient (Wildman–Crippen LogP) is 3.49. The standard InChI is InChI=1S/C18H27F2N3O3S.HI/c1-21-17(23-12-18(27-3)6-8-25-9-7-18)22-11-13-10-14(24-2)4-5-15(13)26-16(19)20;/h4-5,10,16H,6-9,11-12H2,1-3H3,(H2,21,22,23);1H. The highest BCUT2D eigenvalue weighted by atomic mass is 127. The zero-order chi connectivity index (χ0) is 19.7. The number of ether oxygens (including phenoxy) is 3. The molecule has 0 saturated carbocycles. The van der Waals surface area contributed by atoms with Crippen LogP contribution in [0.5, 0.6) is 11.5 Å². The van der Waals surface area contributed by atoms with Crippen molar-refractivity contribution in [3.05, 3.63) is 23.8 Å². The molecule has 1 aromatic rings. The van der Waals surface area contributed by atoms with Gasteiger partial charge in [0.2, 0.25) is 0 Å². The molecule has 10 heteroatoms. The molecule has 28 heavy (non-hydrogen) atoms.